The Kier molecular flexibility index (Phi) is 6.20. The molecule has 1 aliphatic rings. The van der Waals surface area contributed by atoms with Crippen LogP contribution < -0.4 is 5.32 Å². The third-order valence-corrected chi connectivity index (χ3v) is 5.81. The number of hydrogen-bond donors (Lipinski definition) is 1. The van der Waals surface area contributed by atoms with Gasteiger partial charge in [-0.3, -0.25) is 4.79 Å². The van der Waals surface area contributed by atoms with Crippen LogP contribution in [0.5, 0.6) is 0 Å². The first kappa shape index (κ1) is 20.9. The van der Waals surface area contributed by atoms with Crippen molar-refractivity contribution in [1.29, 1.82) is 0 Å². The summed E-state index contributed by atoms with van der Waals surface area (Å²) in [7, 11) is 0. The molecule has 9 nitrogen and oxygen atoms in total. The Balaban J connectivity index is 1.18. The van der Waals surface area contributed by atoms with Gasteiger partial charge in [-0.15, -0.1) is 0 Å². The van der Waals surface area contributed by atoms with Gasteiger partial charge in [0, 0.05) is 44.8 Å². The smallest absolute Gasteiger partial charge is 0.317 e. The lowest BCUT2D eigenvalue weighted by Crippen LogP contribution is -2.53. The number of urea groups is 1. The highest BCUT2D eigenvalue weighted by atomic mass is 16.5. The highest BCUT2D eigenvalue weighted by Gasteiger charge is 2.25. The van der Waals surface area contributed by atoms with E-state index in [1.807, 2.05) is 44.4 Å². The SMILES string of the molecule is Cc1noc(C)c1CC(=O)N1CCN(C(=O)NCCCn2cnc3ccccc32)CC1. The first-order valence-electron chi connectivity index (χ1n) is 10.6. The van der Waals surface area contributed by atoms with Crippen LogP contribution in [-0.2, 0) is 17.8 Å². The van der Waals surface area contributed by atoms with Crippen LogP contribution in [0, 0.1) is 13.8 Å². The van der Waals surface area contributed by atoms with E-state index in [1.54, 1.807) is 9.80 Å². The standard InChI is InChI=1S/C22H28N6O3/c1-16-18(17(2)31-25-16)14-21(29)26-10-12-27(13-11-26)22(30)23-8-5-9-28-15-24-19-6-3-4-7-20(19)28/h3-4,6-7,15H,5,8-14H2,1-2H3,(H,23,30). The molecule has 1 aromatic carbocycles. The molecule has 0 bridgehead atoms. The molecule has 31 heavy (non-hydrogen) atoms. The van der Waals surface area contributed by atoms with E-state index in [1.165, 1.54) is 0 Å². The largest absolute Gasteiger partial charge is 0.361 e. The molecule has 0 unspecified atom stereocenters. The number of aryl methyl sites for hydroxylation is 3. The number of para-hydroxylation sites is 2. The zero-order chi connectivity index (χ0) is 21.8. The molecule has 3 amide bonds. The first-order chi connectivity index (χ1) is 15.0. The van der Waals surface area contributed by atoms with Gasteiger partial charge in [0.1, 0.15) is 5.76 Å². The number of rotatable bonds is 6. The topological polar surface area (TPSA) is 96.5 Å². The Morgan fingerprint density at radius 2 is 1.84 bits per heavy atom. The van der Waals surface area contributed by atoms with Crippen molar-refractivity contribution in [3.63, 3.8) is 0 Å². The summed E-state index contributed by atoms with van der Waals surface area (Å²) >= 11 is 0. The van der Waals surface area contributed by atoms with Gasteiger partial charge in [0.15, 0.2) is 0 Å². The molecule has 1 aliphatic heterocycles. The van der Waals surface area contributed by atoms with E-state index in [-0.39, 0.29) is 18.4 Å². The highest BCUT2D eigenvalue weighted by Crippen LogP contribution is 2.15. The van der Waals surface area contributed by atoms with Crippen molar-refractivity contribution in [1.82, 2.24) is 29.8 Å². The number of aromatic nitrogens is 3. The van der Waals surface area contributed by atoms with Gasteiger partial charge in [-0.1, -0.05) is 17.3 Å². The fourth-order valence-electron chi connectivity index (χ4n) is 3.92. The molecule has 0 spiro atoms. The maximum Gasteiger partial charge on any atom is 0.317 e. The molecule has 2 aromatic heterocycles. The molecule has 3 heterocycles. The summed E-state index contributed by atoms with van der Waals surface area (Å²) in [5.41, 5.74) is 3.70. The van der Waals surface area contributed by atoms with Crippen LogP contribution in [0.4, 0.5) is 4.79 Å². The molecule has 0 aliphatic carbocycles. The number of hydrogen-bond acceptors (Lipinski definition) is 5. The fraction of sp³-hybridized carbons (Fsp3) is 0.455. The number of carbonyl (C=O) groups is 2. The summed E-state index contributed by atoms with van der Waals surface area (Å²) < 4.78 is 7.24. The van der Waals surface area contributed by atoms with Crippen molar-refractivity contribution < 1.29 is 14.1 Å². The van der Waals surface area contributed by atoms with Crippen molar-refractivity contribution >= 4 is 23.0 Å². The second-order valence-electron chi connectivity index (χ2n) is 7.86. The third kappa shape index (κ3) is 4.70. The van der Waals surface area contributed by atoms with E-state index in [4.69, 9.17) is 4.52 Å². The van der Waals surface area contributed by atoms with Crippen molar-refractivity contribution in [3.8, 4) is 0 Å². The van der Waals surface area contributed by atoms with Crippen LogP contribution in [0.3, 0.4) is 0 Å². The molecular weight excluding hydrogens is 396 g/mol. The number of amides is 3. The predicted molar refractivity (Wildman–Crippen MR) is 116 cm³/mol. The Morgan fingerprint density at radius 1 is 1.10 bits per heavy atom. The van der Waals surface area contributed by atoms with Crippen molar-refractivity contribution in [2.75, 3.05) is 32.7 Å². The normalized spacial score (nSPS) is 14.3. The lowest BCUT2D eigenvalue weighted by atomic mass is 10.1. The second-order valence-corrected chi connectivity index (χ2v) is 7.86. The van der Waals surface area contributed by atoms with Gasteiger partial charge >= 0.3 is 6.03 Å². The molecule has 3 aromatic rings. The minimum atomic E-state index is -0.0756. The predicted octanol–water partition coefficient (Wildman–Crippen LogP) is 2.13. The molecule has 1 N–H and O–H groups in total. The Hall–Kier alpha value is -3.36. The quantitative estimate of drug-likeness (QED) is 0.612. The zero-order valence-electron chi connectivity index (χ0n) is 18.0. The average molecular weight is 425 g/mol. The summed E-state index contributed by atoms with van der Waals surface area (Å²) in [5.74, 6) is 0.731. The van der Waals surface area contributed by atoms with Gasteiger partial charge in [-0.2, -0.15) is 0 Å². The number of nitrogens with zero attached hydrogens (tertiary/aromatic N) is 5. The van der Waals surface area contributed by atoms with Crippen LogP contribution in [0.15, 0.2) is 35.1 Å². The van der Waals surface area contributed by atoms with E-state index in [9.17, 15) is 9.59 Å². The number of carbonyl (C=O) groups excluding carboxylic acids is 2. The van der Waals surface area contributed by atoms with Gasteiger partial charge in [-0.25, -0.2) is 9.78 Å². The fourth-order valence-corrected chi connectivity index (χ4v) is 3.92. The van der Waals surface area contributed by atoms with Crippen LogP contribution in [0.1, 0.15) is 23.4 Å². The molecule has 0 atom stereocenters. The minimum Gasteiger partial charge on any atom is -0.361 e. The molecule has 1 saturated heterocycles. The first-order valence-corrected chi connectivity index (χ1v) is 10.6. The molecule has 164 valence electrons. The Bertz CT molecular complexity index is 1040. The Labute approximate surface area is 181 Å². The second kappa shape index (κ2) is 9.20. The molecule has 9 heteroatoms. The van der Waals surface area contributed by atoms with Gasteiger partial charge in [-0.05, 0) is 32.4 Å². The number of fused-ring (bicyclic) bond motifs is 1. The van der Waals surface area contributed by atoms with E-state index >= 15 is 0 Å². The summed E-state index contributed by atoms with van der Waals surface area (Å²) in [5, 5.41) is 6.89. The van der Waals surface area contributed by atoms with Gasteiger partial charge in [0.2, 0.25) is 5.91 Å². The van der Waals surface area contributed by atoms with Crippen LogP contribution in [0.25, 0.3) is 11.0 Å². The average Bonchev–Trinajstić information content (AvgIpc) is 3.35. The Morgan fingerprint density at radius 3 is 2.58 bits per heavy atom. The number of piperazine rings is 1. The van der Waals surface area contributed by atoms with Crippen molar-refractivity contribution in [2.45, 2.75) is 33.2 Å². The molecular formula is C22H28N6O3. The number of imidazole rings is 1. The van der Waals surface area contributed by atoms with Gasteiger partial charge < -0.3 is 24.2 Å². The number of benzene rings is 1. The lowest BCUT2D eigenvalue weighted by molar-refractivity contribution is -0.131. The molecule has 0 radical (unpaired) electrons. The van der Waals surface area contributed by atoms with Crippen molar-refractivity contribution in [2.24, 2.45) is 0 Å². The highest BCUT2D eigenvalue weighted by molar-refractivity contribution is 5.80. The van der Waals surface area contributed by atoms with Crippen LogP contribution >= 0.6 is 0 Å². The number of nitrogens with one attached hydrogen (secondary N) is 1. The summed E-state index contributed by atoms with van der Waals surface area (Å²) in [6.07, 6.45) is 2.95. The van der Waals surface area contributed by atoms with Gasteiger partial charge in [0.05, 0.1) is 29.5 Å². The zero-order valence-corrected chi connectivity index (χ0v) is 18.0. The van der Waals surface area contributed by atoms with Crippen LogP contribution in [-0.4, -0.2) is 69.2 Å². The summed E-state index contributed by atoms with van der Waals surface area (Å²) in [6, 6.07) is 7.94. The molecule has 0 saturated carbocycles. The van der Waals surface area contributed by atoms with Gasteiger partial charge in [0.25, 0.3) is 0 Å². The van der Waals surface area contributed by atoms with E-state index in [0.717, 1.165) is 35.3 Å². The minimum absolute atomic E-state index is 0.0435. The van der Waals surface area contributed by atoms with E-state index in [0.29, 0.717) is 38.5 Å². The molecule has 4 rings (SSSR count). The lowest BCUT2D eigenvalue weighted by Gasteiger charge is -2.34. The third-order valence-electron chi connectivity index (χ3n) is 5.81. The van der Waals surface area contributed by atoms with Crippen LogP contribution in [0.2, 0.25) is 0 Å². The maximum absolute atomic E-state index is 12.6. The molecule has 1 fully saturated rings. The van der Waals surface area contributed by atoms with E-state index < -0.39 is 0 Å². The van der Waals surface area contributed by atoms with E-state index in [2.05, 4.69) is 20.0 Å². The summed E-state index contributed by atoms with van der Waals surface area (Å²) in [4.78, 5) is 33.0. The van der Waals surface area contributed by atoms with Crippen molar-refractivity contribution in [3.05, 3.63) is 47.6 Å². The maximum atomic E-state index is 12.6. The monoisotopic (exact) mass is 424 g/mol. The summed E-state index contributed by atoms with van der Waals surface area (Å²) in [6.45, 7) is 7.20.